The van der Waals surface area contributed by atoms with Crippen LogP contribution in [-0.4, -0.2) is 0 Å². The Hall–Kier alpha value is -0.310. The first-order chi connectivity index (χ1) is 8.93. The van der Waals surface area contributed by atoms with Crippen molar-refractivity contribution in [3.8, 4) is 0 Å². The van der Waals surface area contributed by atoms with E-state index in [1.165, 1.54) is 5.56 Å². The van der Waals surface area contributed by atoms with Gasteiger partial charge in [0.15, 0.2) is 0 Å². The van der Waals surface area contributed by atoms with Gasteiger partial charge in [-0.3, -0.25) is 0 Å². The Labute approximate surface area is 136 Å². The van der Waals surface area contributed by atoms with Crippen LogP contribution in [-0.2, 0) is 5.41 Å². The summed E-state index contributed by atoms with van der Waals surface area (Å²) in [4.78, 5) is 0. The first-order valence-electron chi connectivity index (χ1n) is 6.07. The van der Waals surface area contributed by atoms with Gasteiger partial charge >= 0.3 is 0 Å². The third kappa shape index (κ3) is 3.24. The predicted octanol–water partition coefficient (Wildman–Crippen LogP) is 6.47. The minimum Gasteiger partial charge on any atom is -0.117 e. The lowest BCUT2D eigenvalue weighted by Crippen LogP contribution is -2.23. The van der Waals surface area contributed by atoms with Crippen molar-refractivity contribution in [3.05, 3.63) is 68.6 Å². The zero-order chi connectivity index (χ0) is 14.0. The van der Waals surface area contributed by atoms with E-state index in [-0.39, 0.29) is 10.8 Å². The Morgan fingerprint density at radius 1 is 1.00 bits per heavy atom. The van der Waals surface area contributed by atoms with Crippen LogP contribution in [0.2, 0.25) is 0 Å². The maximum Gasteiger partial charge on any atom is 0.0687 e. The Bertz CT molecular complexity index is 564. The molecule has 0 aliphatic rings. The Morgan fingerprint density at radius 2 is 1.63 bits per heavy atom. The SMILES string of the molecule is CC(C)(c1ccccc1)C(Cl)c1cc(Br)ccc1Br. The zero-order valence-corrected chi connectivity index (χ0v) is 14.8. The lowest BCUT2D eigenvalue weighted by atomic mass is 9.79. The van der Waals surface area contributed by atoms with Crippen molar-refractivity contribution in [2.45, 2.75) is 24.6 Å². The summed E-state index contributed by atoms with van der Waals surface area (Å²) in [5.74, 6) is 0. The molecule has 0 aromatic heterocycles. The molecule has 0 heterocycles. The van der Waals surface area contributed by atoms with Crippen molar-refractivity contribution < 1.29 is 0 Å². The van der Waals surface area contributed by atoms with Crippen molar-refractivity contribution in [2.24, 2.45) is 0 Å². The third-order valence-corrected chi connectivity index (χ3v) is 5.38. The molecule has 0 radical (unpaired) electrons. The van der Waals surface area contributed by atoms with Crippen LogP contribution in [0.3, 0.4) is 0 Å². The van der Waals surface area contributed by atoms with Crippen LogP contribution in [0.1, 0.15) is 30.4 Å². The fourth-order valence-corrected chi connectivity index (χ4v) is 3.40. The average Bonchev–Trinajstić information content (AvgIpc) is 2.41. The molecule has 0 nitrogen and oxygen atoms in total. The summed E-state index contributed by atoms with van der Waals surface area (Å²) in [5, 5.41) is -0.109. The third-order valence-electron chi connectivity index (χ3n) is 3.38. The Kier molecular flexibility index (Phi) is 4.75. The molecule has 19 heavy (non-hydrogen) atoms. The molecule has 0 spiro atoms. The van der Waals surface area contributed by atoms with E-state index in [1.807, 2.05) is 18.2 Å². The molecule has 2 aromatic carbocycles. The molecule has 0 fully saturated rings. The van der Waals surface area contributed by atoms with Gasteiger partial charge in [0.05, 0.1) is 5.38 Å². The van der Waals surface area contributed by atoms with Crippen LogP contribution in [0.25, 0.3) is 0 Å². The minimum atomic E-state index is -0.147. The predicted molar refractivity (Wildman–Crippen MR) is 89.9 cm³/mol. The summed E-state index contributed by atoms with van der Waals surface area (Å²) >= 11 is 13.9. The van der Waals surface area contributed by atoms with Crippen molar-refractivity contribution >= 4 is 43.5 Å². The van der Waals surface area contributed by atoms with Gasteiger partial charge in [0.25, 0.3) is 0 Å². The Morgan fingerprint density at radius 3 is 2.26 bits per heavy atom. The molecule has 3 heteroatoms. The van der Waals surface area contributed by atoms with Crippen LogP contribution >= 0.6 is 43.5 Å². The smallest absolute Gasteiger partial charge is 0.0687 e. The van der Waals surface area contributed by atoms with Gasteiger partial charge in [-0.1, -0.05) is 76.0 Å². The number of hydrogen-bond acceptors (Lipinski definition) is 0. The first kappa shape index (κ1) is 15.1. The first-order valence-corrected chi connectivity index (χ1v) is 8.09. The summed E-state index contributed by atoms with van der Waals surface area (Å²) < 4.78 is 2.08. The summed E-state index contributed by atoms with van der Waals surface area (Å²) in [6.45, 7) is 4.35. The zero-order valence-electron chi connectivity index (χ0n) is 10.8. The average molecular weight is 403 g/mol. The van der Waals surface area contributed by atoms with E-state index in [0.717, 1.165) is 14.5 Å². The van der Waals surface area contributed by atoms with Gasteiger partial charge < -0.3 is 0 Å². The summed E-state index contributed by atoms with van der Waals surface area (Å²) in [7, 11) is 0. The number of alkyl halides is 1. The van der Waals surface area contributed by atoms with E-state index in [1.54, 1.807) is 0 Å². The topological polar surface area (TPSA) is 0 Å². The molecule has 0 aliphatic carbocycles. The molecule has 0 N–H and O–H groups in total. The maximum atomic E-state index is 6.76. The number of halogens is 3. The molecular formula is C16H15Br2Cl. The van der Waals surface area contributed by atoms with E-state index in [2.05, 4.69) is 76.0 Å². The highest BCUT2D eigenvalue weighted by atomic mass is 79.9. The van der Waals surface area contributed by atoms with E-state index in [9.17, 15) is 0 Å². The van der Waals surface area contributed by atoms with Gasteiger partial charge in [0.2, 0.25) is 0 Å². The lowest BCUT2D eigenvalue weighted by molar-refractivity contribution is 0.503. The molecule has 2 aromatic rings. The van der Waals surface area contributed by atoms with Gasteiger partial charge in [-0.05, 0) is 29.3 Å². The van der Waals surface area contributed by atoms with Gasteiger partial charge in [-0.25, -0.2) is 0 Å². The second-order valence-corrected chi connectivity index (χ2v) is 7.32. The lowest BCUT2D eigenvalue weighted by Gasteiger charge is -2.31. The molecule has 0 saturated carbocycles. The van der Waals surface area contributed by atoms with Crippen LogP contribution in [0.15, 0.2) is 57.5 Å². The van der Waals surface area contributed by atoms with Crippen LogP contribution in [0.4, 0.5) is 0 Å². The fraction of sp³-hybridized carbons (Fsp3) is 0.250. The molecular weight excluding hydrogens is 387 g/mol. The van der Waals surface area contributed by atoms with E-state index in [0.29, 0.717) is 0 Å². The van der Waals surface area contributed by atoms with Gasteiger partial charge in [-0.2, -0.15) is 0 Å². The van der Waals surface area contributed by atoms with Crippen molar-refractivity contribution in [1.82, 2.24) is 0 Å². The monoisotopic (exact) mass is 400 g/mol. The minimum absolute atomic E-state index is 0.109. The largest absolute Gasteiger partial charge is 0.117 e. The van der Waals surface area contributed by atoms with Crippen LogP contribution < -0.4 is 0 Å². The second-order valence-electron chi connectivity index (χ2n) is 5.12. The standard InChI is InChI=1S/C16H15Br2Cl/c1-16(2,11-6-4-3-5-7-11)15(19)13-10-12(17)8-9-14(13)18/h3-10,15H,1-2H3. The van der Waals surface area contributed by atoms with Crippen molar-refractivity contribution in [2.75, 3.05) is 0 Å². The number of benzene rings is 2. The summed E-state index contributed by atoms with van der Waals surface area (Å²) in [6.07, 6.45) is 0. The normalized spacial score (nSPS) is 13.3. The molecule has 1 unspecified atom stereocenters. The van der Waals surface area contributed by atoms with Gasteiger partial charge in [-0.15, -0.1) is 11.6 Å². The van der Waals surface area contributed by atoms with Crippen LogP contribution in [0, 0.1) is 0 Å². The number of hydrogen-bond donors (Lipinski definition) is 0. The number of rotatable bonds is 3. The van der Waals surface area contributed by atoms with E-state index < -0.39 is 0 Å². The molecule has 0 amide bonds. The second kappa shape index (κ2) is 5.99. The van der Waals surface area contributed by atoms with Crippen LogP contribution in [0.5, 0.6) is 0 Å². The van der Waals surface area contributed by atoms with Gasteiger partial charge in [0, 0.05) is 14.4 Å². The molecule has 0 saturated heterocycles. The molecule has 0 bridgehead atoms. The maximum absolute atomic E-state index is 6.76. The van der Waals surface area contributed by atoms with Crippen molar-refractivity contribution in [1.29, 1.82) is 0 Å². The summed E-state index contributed by atoms with van der Waals surface area (Å²) in [6, 6.07) is 16.5. The fourth-order valence-electron chi connectivity index (χ4n) is 2.11. The highest BCUT2D eigenvalue weighted by Gasteiger charge is 2.32. The quantitative estimate of drug-likeness (QED) is 0.516. The molecule has 2 rings (SSSR count). The van der Waals surface area contributed by atoms with E-state index in [4.69, 9.17) is 11.6 Å². The van der Waals surface area contributed by atoms with E-state index >= 15 is 0 Å². The Balaban J connectivity index is 2.43. The highest BCUT2D eigenvalue weighted by Crippen LogP contribution is 2.44. The van der Waals surface area contributed by atoms with Gasteiger partial charge in [0.1, 0.15) is 0 Å². The molecule has 1 atom stereocenters. The highest BCUT2D eigenvalue weighted by molar-refractivity contribution is 9.11. The van der Waals surface area contributed by atoms with Crippen molar-refractivity contribution in [3.63, 3.8) is 0 Å². The molecule has 100 valence electrons. The summed E-state index contributed by atoms with van der Waals surface area (Å²) in [5.41, 5.74) is 2.19. The molecule has 0 aliphatic heterocycles.